The van der Waals surface area contributed by atoms with Gasteiger partial charge in [-0.15, -0.1) is 11.3 Å². The highest BCUT2D eigenvalue weighted by atomic mass is 32.1. The molecule has 0 atom stereocenters. The van der Waals surface area contributed by atoms with Crippen molar-refractivity contribution in [2.24, 2.45) is 5.73 Å². The van der Waals surface area contributed by atoms with Crippen LogP contribution < -0.4 is 5.73 Å². The number of aromatic nitrogens is 2. The first-order valence-corrected chi connectivity index (χ1v) is 8.49. The lowest BCUT2D eigenvalue weighted by Crippen LogP contribution is -2.13. The van der Waals surface area contributed by atoms with Crippen molar-refractivity contribution in [2.75, 3.05) is 13.2 Å². The zero-order valence-electron chi connectivity index (χ0n) is 13.4. The molecule has 0 spiro atoms. The first kappa shape index (κ1) is 16.7. The van der Waals surface area contributed by atoms with Gasteiger partial charge in [0.2, 0.25) is 0 Å². The Morgan fingerprint density at radius 3 is 2.77 bits per heavy atom. The molecule has 2 N–H and O–H groups in total. The average Bonchev–Trinajstić information content (AvgIpc) is 3.09. The lowest BCUT2D eigenvalue weighted by Gasteiger charge is -2.11. The minimum atomic E-state index is -0.388. The molecule has 2 aromatic rings. The molecule has 0 aromatic carbocycles. The molecule has 6 heteroatoms. The molecule has 0 radical (unpaired) electrons. The molecule has 1 amide bonds. The SMILES string of the molecule is CCOCCCn1c(C)c(C(N)=O)c(-c2nccs2)c1CC. The minimum absolute atomic E-state index is 0.388. The van der Waals surface area contributed by atoms with Crippen LogP contribution in [-0.4, -0.2) is 28.7 Å². The minimum Gasteiger partial charge on any atom is -0.382 e. The molecule has 2 heterocycles. The van der Waals surface area contributed by atoms with Crippen LogP contribution in [0.25, 0.3) is 10.6 Å². The van der Waals surface area contributed by atoms with E-state index in [4.69, 9.17) is 10.5 Å². The second-order valence-electron chi connectivity index (χ2n) is 5.04. The molecule has 2 rings (SSSR count). The standard InChI is InChI=1S/C16H23N3O2S/c1-4-12-14(16-18-7-10-22-16)13(15(17)20)11(3)19(12)8-6-9-21-5-2/h7,10H,4-6,8-9H2,1-3H3,(H2,17,20). The van der Waals surface area contributed by atoms with Crippen molar-refractivity contribution in [1.29, 1.82) is 0 Å². The molecular formula is C16H23N3O2S. The van der Waals surface area contributed by atoms with Crippen molar-refractivity contribution in [3.8, 4) is 10.6 Å². The van der Waals surface area contributed by atoms with Crippen LogP contribution in [0.2, 0.25) is 0 Å². The highest BCUT2D eigenvalue weighted by molar-refractivity contribution is 7.13. The monoisotopic (exact) mass is 321 g/mol. The van der Waals surface area contributed by atoms with Crippen molar-refractivity contribution >= 4 is 17.2 Å². The second-order valence-corrected chi connectivity index (χ2v) is 5.93. The summed E-state index contributed by atoms with van der Waals surface area (Å²) in [5.41, 5.74) is 9.18. The van der Waals surface area contributed by atoms with Crippen LogP contribution in [0.15, 0.2) is 11.6 Å². The van der Waals surface area contributed by atoms with Gasteiger partial charge < -0.3 is 15.0 Å². The fraction of sp³-hybridized carbons (Fsp3) is 0.500. The lowest BCUT2D eigenvalue weighted by atomic mass is 10.1. The van der Waals surface area contributed by atoms with E-state index in [0.717, 1.165) is 54.6 Å². The first-order chi connectivity index (χ1) is 10.6. The topological polar surface area (TPSA) is 70.1 Å². The van der Waals surface area contributed by atoms with E-state index in [1.54, 1.807) is 6.20 Å². The summed E-state index contributed by atoms with van der Waals surface area (Å²) in [6.45, 7) is 8.30. The van der Waals surface area contributed by atoms with Crippen LogP contribution >= 0.6 is 11.3 Å². The highest BCUT2D eigenvalue weighted by Crippen LogP contribution is 2.34. The van der Waals surface area contributed by atoms with Crippen LogP contribution in [-0.2, 0) is 17.7 Å². The number of rotatable bonds is 8. The highest BCUT2D eigenvalue weighted by Gasteiger charge is 2.24. The maximum absolute atomic E-state index is 12.0. The van der Waals surface area contributed by atoms with Gasteiger partial charge in [0.1, 0.15) is 5.01 Å². The maximum atomic E-state index is 12.0. The Hall–Kier alpha value is -1.66. The van der Waals surface area contributed by atoms with Crippen LogP contribution in [0, 0.1) is 6.92 Å². The van der Waals surface area contributed by atoms with Crippen molar-refractivity contribution in [2.45, 2.75) is 40.2 Å². The van der Waals surface area contributed by atoms with Crippen LogP contribution in [0.1, 0.15) is 42.0 Å². The molecule has 2 aromatic heterocycles. The van der Waals surface area contributed by atoms with Gasteiger partial charge in [-0.25, -0.2) is 4.98 Å². The smallest absolute Gasteiger partial charge is 0.251 e. The lowest BCUT2D eigenvalue weighted by molar-refractivity contribution is 0.1000. The molecule has 0 saturated heterocycles. The summed E-state index contributed by atoms with van der Waals surface area (Å²) in [4.78, 5) is 16.3. The molecule has 0 bridgehead atoms. The number of thiazole rings is 1. The van der Waals surface area contributed by atoms with E-state index in [0.29, 0.717) is 5.56 Å². The van der Waals surface area contributed by atoms with Gasteiger partial charge in [-0.3, -0.25) is 4.79 Å². The predicted octanol–water partition coefficient (Wildman–Crippen LogP) is 3.01. The van der Waals surface area contributed by atoms with Gasteiger partial charge in [0.25, 0.3) is 5.91 Å². The third-order valence-electron chi connectivity index (χ3n) is 3.73. The summed E-state index contributed by atoms with van der Waals surface area (Å²) in [5.74, 6) is -0.388. The first-order valence-electron chi connectivity index (χ1n) is 7.61. The van der Waals surface area contributed by atoms with Crippen molar-refractivity contribution in [3.63, 3.8) is 0 Å². The number of carbonyl (C=O) groups excluding carboxylic acids is 1. The summed E-state index contributed by atoms with van der Waals surface area (Å²) in [6, 6.07) is 0. The van der Waals surface area contributed by atoms with Crippen molar-refractivity contribution in [1.82, 2.24) is 9.55 Å². The quantitative estimate of drug-likeness (QED) is 0.760. The Morgan fingerprint density at radius 2 is 2.23 bits per heavy atom. The number of amides is 1. The zero-order valence-corrected chi connectivity index (χ0v) is 14.2. The van der Waals surface area contributed by atoms with Gasteiger partial charge in [0.15, 0.2) is 0 Å². The van der Waals surface area contributed by atoms with E-state index in [9.17, 15) is 4.79 Å². The summed E-state index contributed by atoms with van der Waals surface area (Å²) in [7, 11) is 0. The Morgan fingerprint density at radius 1 is 1.45 bits per heavy atom. The Kier molecular flexibility index (Phi) is 5.74. The fourth-order valence-corrected chi connectivity index (χ4v) is 3.53. The van der Waals surface area contributed by atoms with E-state index in [1.165, 1.54) is 11.3 Å². The van der Waals surface area contributed by atoms with Gasteiger partial charge in [-0.05, 0) is 26.7 Å². The van der Waals surface area contributed by atoms with E-state index in [2.05, 4.69) is 16.5 Å². The third kappa shape index (κ3) is 3.23. The number of carbonyl (C=O) groups is 1. The van der Waals surface area contributed by atoms with Gasteiger partial charge in [0.05, 0.1) is 5.56 Å². The largest absolute Gasteiger partial charge is 0.382 e. The normalized spacial score (nSPS) is 11.0. The van der Waals surface area contributed by atoms with Gasteiger partial charge in [-0.1, -0.05) is 6.92 Å². The number of hydrogen-bond donors (Lipinski definition) is 1. The van der Waals surface area contributed by atoms with Crippen LogP contribution in [0.4, 0.5) is 0 Å². The van der Waals surface area contributed by atoms with E-state index < -0.39 is 0 Å². The summed E-state index contributed by atoms with van der Waals surface area (Å²) < 4.78 is 7.60. The number of hydrogen-bond acceptors (Lipinski definition) is 4. The number of nitrogens with zero attached hydrogens (tertiary/aromatic N) is 2. The maximum Gasteiger partial charge on any atom is 0.251 e. The Balaban J connectivity index is 2.45. The molecule has 0 fully saturated rings. The van der Waals surface area contributed by atoms with Gasteiger partial charge in [-0.2, -0.15) is 0 Å². The third-order valence-corrected chi connectivity index (χ3v) is 4.52. The number of ether oxygens (including phenoxy) is 1. The van der Waals surface area contributed by atoms with Gasteiger partial charge >= 0.3 is 0 Å². The van der Waals surface area contributed by atoms with E-state index >= 15 is 0 Å². The van der Waals surface area contributed by atoms with E-state index in [-0.39, 0.29) is 5.91 Å². The summed E-state index contributed by atoms with van der Waals surface area (Å²) in [6.07, 6.45) is 3.50. The molecule has 5 nitrogen and oxygen atoms in total. The Labute approximate surface area is 135 Å². The molecule has 0 aliphatic heterocycles. The predicted molar refractivity (Wildman–Crippen MR) is 89.3 cm³/mol. The van der Waals surface area contributed by atoms with Crippen molar-refractivity contribution in [3.05, 3.63) is 28.5 Å². The molecular weight excluding hydrogens is 298 g/mol. The fourth-order valence-electron chi connectivity index (χ4n) is 2.82. The van der Waals surface area contributed by atoms with Crippen molar-refractivity contribution < 1.29 is 9.53 Å². The molecule has 0 unspecified atom stereocenters. The number of nitrogens with two attached hydrogens (primary N) is 1. The summed E-state index contributed by atoms with van der Waals surface area (Å²) >= 11 is 1.53. The molecule has 22 heavy (non-hydrogen) atoms. The second kappa shape index (κ2) is 7.56. The molecule has 0 saturated carbocycles. The Bertz CT molecular complexity index is 632. The number of primary amides is 1. The van der Waals surface area contributed by atoms with Gasteiger partial charge in [0, 0.05) is 48.3 Å². The zero-order chi connectivity index (χ0) is 16.1. The molecule has 120 valence electrons. The van der Waals surface area contributed by atoms with Crippen LogP contribution in [0.3, 0.4) is 0 Å². The molecule has 0 aliphatic rings. The summed E-state index contributed by atoms with van der Waals surface area (Å²) in [5, 5.41) is 2.78. The van der Waals surface area contributed by atoms with Crippen LogP contribution in [0.5, 0.6) is 0 Å². The average molecular weight is 321 g/mol. The van der Waals surface area contributed by atoms with E-state index in [1.807, 2.05) is 19.2 Å². The molecule has 0 aliphatic carbocycles.